The van der Waals surface area contributed by atoms with Crippen molar-refractivity contribution in [3.8, 4) is 0 Å². The second kappa shape index (κ2) is 6.66. The number of hydrogen-bond donors (Lipinski definition) is 2. The first-order valence-electron chi connectivity index (χ1n) is 7.81. The molecule has 0 aliphatic carbocycles. The first-order valence-corrected chi connectivity index (χ1v) is 7.81. The van der Waals surface area contributed by atoms with Gasteiger partial charge in [0.2, 0.25) is 0 Å². The highest BCUT2D eigenvalue weighted by Crippen LogP contribution is 2.31. The van der Waals surface area contributed by atoms with E-state index in [9.17, 15) is 0 Å². The third-order valence-corrected chi connectivity index (χ3v) is 3.63. The van der Waals surface area contributed by atoms with Gasteiger partial charge in [-0.05, 0) is 24.0 Å². The van der Waals surface area contributed by atoms with Gasteiger partial charge in [-0.1, -0.05) is 45.8 Å². The van der Waals surface area contributed by atoms with E-state index in [1.807, 2.05) is 26.2 Å². The quantitative estimate of drug-likeness (QED) is 0.876. The molecule has 1 atom stereocenters. The van der Waals surface area contributed by atoms with Crippen LogP contribution in [0.25, 0.3) is 16.7 Å². The zero-order valence-electron chi connectivity index (χ0n) is 13.5. The summed E-state index contributed by atoms with van der Waals surface area (Å²) in [5.41, 5.74) is 4.28. The van der Waals surface area contributed by atoms with Crippen LogP contribution in [0.5, 0.6) is 0 Å². The summed E-state index contributed by atoms with van der Waals surface area (Å²) in [6.07, 6.45) is 5.16. The Morgan fingerprint density at radius 1 is 1.33 bits per heavy atom. The number of aromatic nitrogens is 1. The molecular weight excluding hydrogens is 262 g/mol. The van der Waals surface area contributed by atoms with Crippen molar-refractivity contribution in [2.45, 2.75) is 53.1 Å². The van der Waals surface area contributed by atoms with Gasteiger partial charge in [-0.25, -0.2) is 0 Å². The van der Waals surface area contributed by atoms with Crippen molar-refractivity contribution in [2.75, 3.05) is 0 Å². The number of nitrogens with zero attached hydrogens (tertiary/aromatic N) is 1. The van der Waals surface area contributed by atoms with Crippen LogP contribution < -0.4 is 10.6 Å². The molecule has 3 rings (SSSR count). The van der Waals surface area contributed by atoms with Gasteiger partial charge in [0.1, 0.15) is 0 Å². The molecule has 1 aromatic heterocycles. The van der Waals surface area contributed by atoms with E-state index in [0.29, 0.717) is 12.1 Å². The molecule has 0 radical (unpaired) electrons. The van der Waals surface area contributed by atoms with Crippen molar-refractivity contribution in [2.24, 2.45) is 0 Å². The Hall–Kier alpha value is -1.97. The number of fused-ring (bicyclic) bond motifs is 1. The molecule has 21 heavy (non-hydrogen) atoms. The lowest BCUT2D eigenvalue weighted by molar-refractivity contribution is 0.455. The lowest BCUT2D eigenvalue weighted by Crippen LogP contribution is -2.30. The fourth-order valence-electron chi connectivity index (χ4n) is 2.52. The summed E-state index contributed by atoms with van der Waals surface area (Å²) in [7, 11) is 0. The van der Waals surface area contributed by atoms with E-state index >= 15 is 0 Å². The highest BCUT2D eigenvalue weighted by Gasteiger charge is 2.19. The minimum Gasteiger partial charge on any atom is -0.370 e. The molecule has 1 unspecified atom stereocenters. The molecular formula is C17H27N3O. The van der Waals surface area contributed by atoms with E-state index in [0.717, 1.165) is 28.7 Å². The van der Waals surface area contributed by atoms with Crippen LogP contribution in [-0.4, -0.2) is 11.3 Å². The van der Waals surface area contributed by atoms with E-state index in [1.54, 1.807) is 0 Å². The molecule has 1 aromatic carbocycles. The van der Waals surface area contributed by atoms with Gasteiger partial charge in [-0.3, -0.25) is 0 Å². The minimum atomic E-state index is 0. The summed E-state index contributed by atoms with van der Waals surface area (Å²) in [5, 5.41) is 11.8. The van der Waals surface area contributed by atoms with Crippen LogP contribution in [0.15, 0.2) is 29.1 Å². The van der Waals surface area contributed by atoms with Gasteiger partial charge in [0.25, 0.3) is 0 Å². The van der Waals surface area contributed by atoms with Gasteiger partial charge >= 0.3 is 0 Å². The Morgan fingerprint density at radius 2 is 2.10 bits per heavy atom. The predicted octanol–water partition coefficient (Wildman–Crippen LogP) is 4.45. The molecule has 0 saturated heterocycles. The van der Waals surface area contributed by atoms with E-state index in [1.165, 1.54) is 5.56 Å². The largest absolute Gasteiger partial charge is 0.370 e. The molecule has 0 spiro atoms. The maximum atomic E-state index is 5.46. The fraction of sp³-hybridized carbons (Fsp3) is 0.471. The number of nitrogens with one attached hydrogen (secondary N) is 2. The fourth-order valence-corrected chi connectivity index (χ4v) is 2.52. The SMILES string of the molecule is CC.CCC1NC=C(c2ccc(C(C)C)c3cnoc23)N1.[HH]. The molecule has 0 fully saturated rings. The number of rotatable bonds is 3. The van der Waals surface area contributed by atoms with Crippen LogP contribution in [0.1, 0.15) is 59.5 Å². The second-order valence-electron chi connectivity index (χ2n) is 5.26. The Kier molecular flexibility index (Phi) is 4.89. The van der Waals surface area contributed by atoms with Crippen LogP contribution in [0.2, 0.25) is 0 Å². The van der Waals surface area contributed by atoms with E-state index < -0.39 is 0 Å². The average Bonchev–Trinajstić information content (AvgIpc) is 3.17. The maximum absolute atomic E-state index is 5.46. The lowest BCUT2D eigenvalue weighted by Gasteiger charge is -2.12. The van der Waals surface area contributed by atoms with Crippen molar-refractivity contribution in [1.29, 1.82) is 0 Å². The molecule has 2 N–H and O–H groups in total. The highest BCUT2D eigenvalue weighted by molar-refractivity contribution is 5.91. The Balaban J connectivity index is 0.000000775. The Bertz CT molecular complexity index is 634. The molecule has 4 nitrogen and oxygen atoms in total. The summed E-state index contributed by atoms with van der Waals surface area (Å²) in [5.74, 6) is 0.461. The van der Waals surface area contributed by atoms with Gasteiger partial charge in [0, 0.05) is 18.6 Å². The first kappa shape index (κ1) is 15.4. The van der Waals surface area contributed by atoms with Gasteiger partial charge in [0.05, 0.1) is 18.1 Å². The smallest absolute Gasteiger partial charge is 0.176 e. The molecule has 1 aliphatic heterocycles. The Morgan fingerprint density at radius 3 is 2.71 bits per heavy atom. The predicted molar refractivity (Wildman–Crippen MR) is 89.9 cm³/mol. The van der Waals surface area contributed by atoms with Gasteiger partial charge in [-0.2, -0.15) is 0 Å². The number of hydrogen-bond acceptors (Lipinski definition) is 4. The maximum Gasteiger partial charge on any atom is 0.176 e. The van der Waals surface area contributed by atoms with Crippen LogP contribution in [0.3, 0.4) is 0 Å². The highest BCUT2D eigenvalue weighted by atomic mass is 16.5. The molecule has 2 aromatic rings. The summed E-state index contributed by atoms with van der Waals surface area (Å²) in [4.78, 5) is 0. The topological polar surface area (TPSA) is 50.1 Å². The van der Waals surface area contributed by atoms with Crippen molar-refractivity contribution >= 4 is 16.7 Å². The van der Waals surface area contributed by atoms with Crippen molar-refractivity contribution < 1.29 is 5.95 Å². The molecule has 0 amide bonds. The zero-order chi connectivity index (χ0) is 15.4. The van der Waals surface area contributed by atoms with E-state index in [4.69, 9.17) is 4.52 Å². The zero-order valence-corrected chi connectivity index (χ0v) is 13.5. The first-order chi connectivity index (χ1) is 10.2. The van der Waals surface area contributed by atoms with Gasteiger partial charge in [-0.15, -0.1) is 0 Å². The third-order valence-electron chi connectivity index (χ3n) is 3.63. The average molecular weight is 289 g/mol. The Labute approximate surface area is 128 Å². The molecule has 4 heteroatoms. The van der Waals surface area contributed by atoms with Gasteiger partial charge < -0.3 is 15.2 Å². The number of benzene rings is 1. The molecule has 116 valence electrons. The van der Waals surface area contributed by atoms with Crippen LogP contribution in [0, 0.1) is 0 Å². The monoisotopic (exact) mass is 289 g/mol. The molecule has 1 aliphatic rings. The molecule has 0 saturated carbocycles. The van der Waals surface area contributed by atoms with Gasteiger partial charge in [0.15, 0.2) is 5.58 Å². The van der Waals surface area contributed by atoms with Crippen LogP contribution >= 0.6 is 0 Å². The van der Waals surface area contributed by atoms with Crippen molar-refractivity contribution in [3.63, 3.8) is 0 Å². The van der Waals surface area contributed by atoms with Crippen LogP contribution in [0.4, 0.5) is 0 Å². The van der Waals surface area contributed by atoms with E-state index in [-0.39, 0.29) is 1.43 Å². The summed E-state index contributed by atoms with van der Waals surface area (Å²) < 4.78 is 5.46. The van der Waals surface area contributed by atoms with Crippen molar-refractivity contribution in [1.82, 2.24) is 15.8 Å². The minimum absolute atomic E-state index is 0. The van der Waals surface area contributed by atoms with Crippen molar-refractivity contribution in [3.05, 3.63) is 35.7 Å². The summed E-state index contributed by atoms with van der Waals surface area (Å²) in [6, 6.07) is 4.28. The molecule has 0 bridgehead atoms. The lowest BCUT2D eigenvalue weighted by atomic mass is 9.97. The van der Waals surface area contributed by atoms with Crippen LogP contribution in [-0.2, 0) is 0 Å². The van der Waals surface area contributed by atoms with E-state index in [2.05, 4.69) is 48.7 Å². The second-order valence-corrected chi connectivity index (χ2v) is 5.26. The third kappa shape index (κ3) is 2.89. The summed E-state index contributed by atoms with van der Waals surface area (Å²) in [6.45, 7) is 10.5. The normalized spacial score (nSPS) is 17.0. The summed E-state index contributed by atoms with van der Waals surface area (Å²) >= 11 is 0. The molecule has 2 heterocycles. The standard InChI is InChI=1S/C15H19N3O.C2H6.H2/c1-4-14-16-8-13(18-14)11-6-5-10(9(2)3)12-7-17-19-15(11)12;1-2;/h5-9,14,16,18H,4H2,1-3H3;1-2H3;1H.